The van der Waals surface area contributed by atoms with Crippen LogP contribution in [0.1, 0.15) is 25.0 Å². The minimum absolute atomic E-state index is 0.372. The molecule has 0 N–H and O–H groups in total. The Morgan fingerprint density at radius 3 is 1.40 bits per heavy atom. The van der Waals surface area contributed by atoms with Gasteiger partial charge in [-0.3, -0.25) is 4.79 Å². The van der Waals surface area contributed by atoms with E-state index in [0.29, 0.717) is 0 Å². The highest BCUT2D eigenvalue weighted by Crippen LogP contribution is 1.95. The first kappa shape index (κ1) is 15.3. The van der Waals surface area contributed by atoms with Crippen molar-refractivity contribution in [2.24, 2.45) is 0 Å². The average Bonchev–Trinajstić information content (AvgIpc) is 2.55. The summed E-state index contributed by atoms with van der Waals surface area (Å²) in [6.45, 7) is 4.00. The van der Waals surface area contributed by atoms with Crippen LogP contribution >= 0.6 is 0 Å². The number of hydrogen-bond donors (Lipinski definition) is 0. The van der Waals surface area contributed by atoms with Gasteiger partial charge in [-0.05, 0) is 36.1 Å². The molecule has 0 aliphatic heterocycles. The summed E-state index contributed by atoms with van der Waals surface area (Å²) in [5, 5.41) is 0. The fourth-order valence-corrected chi connectivity index (χ4v) is 1.33. The summed E-state index contributed by atoms with van der Waals surface area (Å²) in [6, 6.07) is 18.7. The fourth-order valence-electron chi connectivity index (χ4n) is 1.33. The van der Waals surface area contributed by atoms with Crippen LogP contribution in [0.4, 0.5) is 0 Å². The number of carbonyl (C=O) groups excluding carboxylic acids is 1. The SMILES string of the molecule is CC.O=C(C#Cc1ccccc1)C#Cc1ccccc1. The molecule has 20 heavy (non-hydrogen) atoms. The lowest BCUT2D eigenvalue weighted by molar-refractivity contribution is -0.108. The predicted molar refractivity (Wildman–Crippen MR) is 83.0 cm³/mol. The molecule has 0 aliphatic rings. The number of rotatable bonds is 0. The number of benzene rings is 2. The highest BCUT2D eigenvalue weighted by atomic mass is 16.1. The standard InChI is InChI=1S/C17H10O.C2H6/c18-17(13-11-15-7-3-1-4-8-15)14-12-16-9-5-2-6-10-16;1-2/h1-10H;1-2H3. The Hall–Kier alpha value is -2.77. The molecule has 0 aliphatic carbocycles. The van der Waals surface area contributed by atoms with Gasteiger partial charge in [0.2, 0.25) is 0 Å². The number of ketones is 1. The predicted octanol–water partition coefficient (Wildman–Crippen LogP) is 3.69. The minimum Gasteiger partial charge on any atom is -0.270 e. The van der Waals surface area contributed by atoms with Gasteiger partial charge in [-0.1, -0.05) is 62.1 Å². The number of hydrogen-bond acceptors (Lipinski definition) is 1. The zero-order valence-corrected chi connectivity index (χ0v) is 11.7. The van der Waals surface area contributed by atoms with Crippen molar-refractivity contribution in [2.75, 3.05) is 0 Å². The summed E-state index contributed by atoms with van der Waals surface area (Å²) in [4.78, 5) is 11.4. The van der Waals surface area contributed by atoms with Gasteiger partial charge >= 0.3 is 0 Å². The topological polar surface area (TPSA) is 17.1 Å². The van der Waals surface area contributed by atoms with Crippen molar-refractivity contribution in [3.05, 3.63) is 71.8 Å². The summed E-state index contributed by atoms with van der Waals surface area (Å²) in [6.07, 6.45) is 0. The molecule has 0 heterocycles. The van der Waals surface area contributed by atoms with E-state index < -0.39 is 0 Å². The van der Waals surface area contributed by atoms with E-state index in [2.05, 4.69) is 23.7 Å². The first-order valence-corrected chi connectivity index (χ1v) is 6.53. The van der Waals surface area contributed by atoms with E-state index in [-0.39, 0.29) is 5.78 Å². The molecule has 0 aromatic heterocycles. The van der Waals surface area contributed by atoms with Crippen molar-refractivity contribution >= 4 is 5.78 Å². The molecule has 1 heteroatoms. The van der Waals surface area contributed by atoms with Crippen LogP contribution in [0.2, 0.25) is 0 Å². The van der Waals surface area contributed by atoms with E-state index in [9.17, 15) is 4.79 Å². The lowest BCUT2D eigenvalue weighted by Gasteiger charge is -1.85. The zero-order chi connectivity index (χ0) is 14.6. The van der Waals surface area contributed by atoms with E-state index in [4.69, 9.17) is 0 Å². The van der Waals surface area contributed by atoms with Gasteiger partial charge in [0.05, 0.1) is 0 Å². The molecule has 0 spiro atoms. The maximum absolute atomic E-state index is 11.4. The molecule has 2 aromatic carbocycles. The maximum Gasteiger partial charge on any atom is 0.279 e. The molecule has 0 saturated heterocycles. The molecule has 2 aromatic rings. The van der Waals surface area contributed by atoms with E-state index in [0.717, 1.165) is 11.1 Å². The number of Topliss-reactive ketones (excluding diaryl/α,β-unsaturated/α-hetero) is 1. The van der Waals surface area contributed by atoms with E-state index >= 15 is 0 Å². The average molecular weight is 260 g/mol. The Morgan fingerprint density at radius 1 is 0.700 bits per heavy atom. The largest absolute Gasteiger partial charge is 0.279 e. The van der Waals surface area contributed by atoms with Gasteiger partial charge in [0.1, 0.15) is 0 Å². The Bertz CT molecular complexity index is 587. The van der Waals surface area contributed by atoms with Gasteiger partial charge < -0.3 is 0 Å². The second-order valence-corrected chi connectivity index (χ2v) is 3.56. The van der Waals surface area contributed by atoms with Crippen LogP contribution in [0, 0.1) is 23.7 Å². The normalized spacial score (nSPS) is 7.90. The van der Waals surface area contributed by atoms with Gasteiger partial charge in [-0.2, -0.15) is 0 Å². The molecule has 0 bridgehead atoms. The van der Waals surface area contributed by atoms with E-state index in [1.165, 1.54) is 0 Å². The Balaban J connectivity index is 0.000000956. The highest BCUT2D eigenvalue weighted by Gasteiger charge is 1.89. The van der Waals surface area contributed by atoms with Crippen molar-refractivity contribution in [1.29, 1.82) is 0 Å². The van der Waals surface area contributed by atoms with Crippen LogP contribution in [0.3, 0.4) is 0 Å². The van der Waals surface area contributed by atoms with Gasteiger partial charge in [0, 0.05) is 11.1 Å². The summed E-state index contributed by atoms with van der Waals surface area (Å²) in [5.41, 5.74) is 1.62. The number of carbonyl (C=O) groups is 1. The van der Waals surface area contributed by atoms with Crippen LogP contribution in [0.5, 0.6) is 0 Å². The van der Waals surface area contributed by atoms with Gasteiger partial charge in [0.25, 0.3) is 5.78 Å². The first-order chi connectivity index (χ1) is 9.84. The van der Waals surface area contributed by atoms with Crippen molar-refractivity contribution < 1.29 is 4.79 Å². The van der Waals surface area contributed by atoms with E-state index in [1.807, 2.05) is 74.5 Å². The van der Waals surface area contributed by atoms with Crippen molar-refractivity contribution in [1.82, 2.24) is 0 Å². The third-order valence-electron chi connectivity index (χ3n) is 2.19. The highest BCUT2D eigenvalue weighted by molar-refractivity contribution is 6.09. The molecule has 2 rings (SSSR count). The molecule has 0 fully saturated rings. The van der Waals surface area contributed by atoms with Crippen molar-refractivity contribution in [3.63, 3.8) is 0 Å². The maximum atomic E-state index is 11.4. The molecule has 98 valence electrons. The monoisotopic (exact) mass is 260 g/mol. The van der Waals surface area contributed by atoms with Crippen molar-refractivity contribution in [3.8, 4) is 23.7 Å². The molecule has 0 radical (unpaired) electrons. The van der Waals surface area contributed by atoms with E-state index in [1.54, 1.807) is 0 Å². The second kappa shape index (κ2) is 9.20. The van der Waals surface area contributed by atoms with Crippen LogP contribution in [0.25, 0.3) is 0 Å². The quantitative estimate of drug-likeness (QED) is 0.660. The fraction of sp³-hybridized carbons (Fsp3) is 0.105. The minimum atomic E-state index is -0.372. The second-order valence-electron chi connectivity index (χ2n) is 3.56. The summed E-state index contributed by atoms with van der Waals surface area (Å²) >= 11 is 0. The lowest BCUT2D eigenvalue weighted by Crippen LogP contribution is -1.87. The van der Waals surface area contributed by atoms with Crippen LogP contribution < -0.4 is 0 Å². The van der Waals surface area contributed by atoms with Crippen LogP contribution in [-0.4, -0.2) is 5.78 Å². The van der Waals surface area contributed by atoms with Gasteiger partial charge in [0.15, 0.2) is 0 Å². The Kier molecular flexibility index (Phi) is 7.03. The summed E-state index contributed by atoms with van der Waals surface area (Å²) in [7, 11) is 0. The van der Waals surface area contributed by atoms with Crippen LogP contribution in [-0.2, 0) is 4.79 Å². The van der Waals surface area contributed by atoms with Gasteiger partial charge in [-0.25, -0.2) is 0 Å². The third-order valence-corrected chi connectivity index (χ3v) is 2.19. The Morgan fingerprint density at radius 2 is 1.05 bits per heavy atom. The zero-order valence-electron chi connectivity index (χ0n) is 11.7. The van der Waals surface area contributed by atoms with Crippen LogP contribution in [0.15, 0.2) is 60.7 Å². The molecular formula is C19H16O. The lowest BCUT2D eigenvalue weighted by atomic mass is 10.2. The summed E-state index contributed by atoms with van der Waals surface area (Å²) < 4.78 is 0. The smallest absolute Gasteiger partial charge is 0.270 e. The molecular weight excluding hydrogens is 244 g/mol. The Labute approximate surface area is 120 Å². The molecule has 0 amide bonds. The first-order valence-electron chi connectivity index (χ1n) is 6.53. The summed E-state index contributed by atoms with van der Waals surface area (Å²) in [5.74, 6) is 10.2. The molecule has 0 saturated carbocycles. The molecule has 0 unspecified atom stereocenters. The van der Waals surface area contributed by atoms with Gasteiger partial charge in [-0.15, -0.1) is 0 Å². The third kappa shape index (κ3) is 5.71. The molecule has 0 atom stereocenters. The molecule has 1 nitrogen and oxygen atoms in total. The van der Waals surface area contributed by atoms with Crippen molar-refractivity contribution in [2.45, 2.75) is 13.8 Å².